The van der Waals surface area contributed by atoms with Crippen molar-refractivity contribution in [1.29, 1.82) is 0 Å². The van der Waals surface area contributed by atoms with Crippen LogP contribution in [0.3, 0.4) is 0 Å². The van der Waals surface area contributed by atoms with Gasteiger partial charge in [-0.3, -0.25) is 0 Å². The molecule has 1 heterocycles. The van der Waals surface area contributed by atoms with Gasteiger partial charge in [-0.1, -0.05) is 12.1 Å². The molecule has 1 aromatic rings. The van der Waals surface area contributed by atoms with E-state index in [2.05, 4.69) is 0 Å². The fourth-order valence-corrected chi connectivity index (χ4v) is 2.91. The van der Waals surface area contributed by atoms with Gasteiger partial charge in [-0.25, -0.2) is 17.6 Å². The molecule has 1 N–H and O–H groups in total. The van der Waals surface area contributed by atoms with E-state index in [-0.39, 0.29) is 10.5 Å². The maximum absolute atomic E-state index is 12.7. The van der Waals surface area contributed by atoms with E-state index in [1.54, 1.807) is 0 Å². The van der Waals surface area contributed by atoms with Crippen LogP contribution in [0.2, 0.25) is 0 Å². The van der Waals surface area contributed by atoms with Crippen molar-refractivity contribution in [1.82, 2.24) is 0 Å². The molecule has 0 amide bonds. The molecule has 0 atom stereocenters. The lowest BCUT2D eigenvalue weighted by atomic mass is 10.2. The van der Waals surface area contributed by atoms with E-state index in [0.29, 0.717) is 0 Å². The van der Waals surface area contributed by atoms with Gasteiger partial charge in [0.2, 0.25) is 9.84 Å². The Bertz CT molecular complexity index is 639. The normalized spacial score (nSPS) is 17.5. The van der Waals surface area contributed by atoms with E-state index in [1.807, 2.05) is 0 Å². The summed E-state index contributed by atoms with van der Waals surface area (Å²) in [5.41, 5.74) is 0.263. The quantitative estimate of drug-likeness (QED) is 0.869. The second-order valence-electron chi connectivity index (χ2n) is 3.38. The first-order valence-corrected chi connectivity index (χ1v) is 6.07. The SMILES string of the molecule is O=C(O)C1=CC=C(c2ccc(F)cc2)S1(=O)=O. The minimum atomic E-state index is -3.99. The molecule has 4 nitrogen and oxygen atoms in total. The van der Waals surface area contributed by atoms with Crippen LogP contribution in [0.1, 0.15) is 5.56 Å². The Morgan fingerprint density at radius 2 is 1.71 bits per heavy atom. The van der Waals surface area contributed by atoms with E-state index in [1.165, 1.54) is 18.2 Å². The molecule has 0 radical (unpaired) electrons. The first kappa shape index (κ1) is 11.5. The van der Waals surface area contributed by atoms with Crippen LogP contribution < -0.4 is 0 Å². The van der Waals surface area contributed by atoms with Gasteiger partial charge in [0.25, 0.3) is 0 Å². The van der Waals surface area contributed by atoms with Gasteiger partial charge in [0.05, 0.1) is 4.91 Å². The average Bonchev–Trinajstić information content (AvgIpc) is 2.55. The molecule has 2 rings (SSSR count). The molecule has 88 valence electrons. The second kappa shape index (κ2) is 3.81. The van der Waals surface area contributed by atoms with Crippen molar-refractivity contribution in [3.05, 3.63) is 52.7 Å². The number of carboxylic acid groups (broad SMARTS) is 1. The van der Waals surface area contributed by atoms with Gasteiger partial charge < -0.3 is 5.11 Å². The minimum absolute atomic E-state index is 0.130. The Balaban J connectivity index is 2.46. The highest BCUT2D eigenvalue weighted by atomic mass is 32.2. The molecule has 0 aliphatic carbocycles. The summed E-state index contributed by atoms with van der Waals surface area (Å²) in [5.74, 6) is -1.99. The molecule has 0 unspecified atom stereocenters. The topological polar surface area (TPSA) is 71.4 Å². The Morgan fingerprint density at radius 3 is 2.18 bits per heavy atom. The van der Waals surface area contributed by atoms with Gasteiger partial charge in [0.15, 0.2) is 4.91 Å². The number of hydrogen-bond acceptors (Lipinski definition) is 3. The van der Waals surface area contributed by atoms with Gasteiger partial charge in [0, 0.05) is 0 Å². The highest BCUT2D eigenvalue weighted by molar-refractivity contribution is 8.05. The average molecular weight is 254 g/mol. The van der Waals surface area contributed by atoms with E-state index in [9.17, 15) is 17.6 Å². The van der Waals surface area contributed by atoms with E-state index in [4.69, 9.17) is 5.11 Å². The third-order valence-corrected chi connectivity index (χ3v) is 4.15. The zero-order valence-electron chi connectivity index (χ0n) is 8.42. The maximum atomic E-state index is 12.7. The number of rotatable bonds is 2. The first-order chi connectivity index (χ1) is 7.93. The van der Waals surface area contributed by atoms with Crippen LogP contribution in [0.15, 0.2) is 41.3 Å². The summed E-state index contributed by atoms with van der Waals surface area (Å²) >= 11 is 0. The Hall–Kier alpha value is -1.95. The summed E-state index contributed by atoms with van der Waals surface area (Å²) in [6, 6.07) is 4.81. The van der Waals surface area contributed by atoms with Crippen molar-refractivity contribution in [3.8, 4) is 0 Å². The Kier molecular flexibility index (Phi) is 2.59. The third kappa shape index (κ3) is 1.87. The zero-order valence-corrected chi connectivity index (χ0v) is 9.24. The number of aliphatic carboxylic acids is 1. The van der Waals surface area contributed by atoms with Crippen molar-refractivity contribution in [2.75, 3.05) is 0 Å². The first-order valence-electron chi connectivity index (χ1n) is 4.59. The Morgan fingerprint density at radius 1 is 1.12 bits per heavy atom. The fraction of sp³-hybridized carbons (Fsp3) is 0. The molecular formula is C11H7FO4S. The lowest BCUT2D eigenvalue weighted by molar-refractivity contribution is -0.131. The maximum Gasteiger partial charge on any atom is 0.347 e. The molecule has 0 bridgehead atoms. The number of benzene rings is 1. The monoisotopic (exact) mass is 254 g/mol. The number of carboxylic acids is 1. The highest BCUT2D eigenvalue weighted by Gasteiger charge is 2.33. The molecule has 1 aromatic carbocycles. The minimum Gasteiger partial charge on any atom is -0.477 e. The standard InChI is InChI=1S/C11H7FO4S/c12-8-3-1-7(2-4-8)9-5-6-10(11(13)14)17(9,15)16/h1-6H,(H,13,14). The number of allylic oxidation sites excluding steroid dienone is 2. The summed E-state index contributed by atoms with van der Waals surface area (Å²) in [7, 11) is -3.99. The van der Waals surface area contributed by atoms with Crippen LogP contribution in [0.5, 0.6) is 0 Å². The van der Waals surface area contributed by atoms with Crippen LogP contribution in [0.4, 0.5) is 4.39 Å². The molecule has 6 heteroatoms. The van der Waals surface area contributed by atoms with Crippen LogP contribution in [-0.2, 0) is 14.6 Å². The van der Waals surface area contributed by atoms with Gasteiger partial charge in [-0.05, 0) is 29.8 Å². The molecule has 0 fully saturated rings. The van der Waals surface area contributed by atoms with E-state index >= 15 is 0 Å². The van der Waals surface area contributed by atoms with Crippen LogP contribution in [-0.4, -0.2) is 19.5 Å². The summed E-state index contributed by atoms with van der Waals surface area (Å²) in [6.45, 7) is 0. The third-order valence-electron chi connectivity index (χ3n) is 2.30. The summed E-state index contributed by atoms with van der Waals surface area (Å²) in [5, 5.41) is 8.72. The number of halogens is 1. The molecule has 17 heavy (non-hydrogen) atoms. The molecule has 0 aromatic heterocycles. The smallest absolute Gasteiger partial charge is 0.347 e. The summed E-state index contributed by atoms with van der Waals surface area (Å²) < 4.78 is 36.3. The van der Waals surface area contributed by atoms with Gasteiger partial charge in [-0.15, -0.1) is 0 Å². The summed E-state index contributed by atoms with van der Waals surface area (Å²) in [4.78, 5) is 9.91. The van der Waals surface area contributed by atoms with Crippen LogP contribution in [0, 0.1) is 5.82 Å². The molecule has 1 aliphatic rings. The molecule has 0 saturated carbocycles. The van der Waals surface area contributed by atoms with E-state index < -0.39 is 26.5 Å². The zero-order chi connectivity index (χ0) is 12.6. The molecule has 1 aliphatic heterocycles. The number of carbonyl (C=O) groups is 1. The van der Waals surface area contributed by atoms with Crippen molar-refractivity contribution < 1.29 is 22.7 Å². The molecular weight excluding hydrogens is 247 g/mol. The number of sulfone groups is 1. The van der Waals surface area contributed by atoms with Crippen molar-refractivity contribution in [3.63, 3.8) is 0 Å². The van der Waals surface area contributed by atoms with Gasteiger partial charge >= 0.3 is 5.97 Å². The molecule has 0 spiro atoms. The van der Waals surface area contributed by atoms with E-state index in [0.717, 1.165) is 18.2 Å². The second-order valence-corrected chi connectivity index (χ2v) is 5.26. The largest absolute Gasteiger partial charge is 0.477 e. The molecule has 0 saturated heterocycles. The predicted octanol–water partition coefficient (Wildman–Crippen LogP) is 1.56. The fourth-order valence-electron chi connectivity index (χ4n) is 1.50. The van der Waals surface area contributed by atoms with Crippen molar-refractivity contribution in [2.24, 2.45) is 0 Å². The predicted molar refractivity (Wildman–Crippen MR) is 59.0 cm³/mol. The lowest BCUT2D eigenvalue weighted by Crippen LogP contribution is -2.10. The van der Waals surface area contributed by atoms with Gasteiger partial charge in [-0.2, -0.15) is 0 Å². The summed E-state index contributed by atoms with van der Waals surface area (Å²) in [6.07, 6.45) is 2.22. The van der Waals surface area contributed by atoms with Crippen molar-refractivity contribution >= 4 is 20.7 Å². The van der Waals surface area contributed by atoms with Gasteiger partial charge in [0.1, 0.15) is 5.82 Å². The van der Waals surface area contributed by atoms with Crippen LogP contribution >= 0.6 is 0 Å². The lowest BCUT2D eigenvalue weighted by Gasteiger charge is -2.04. The number of hydrogen-bond donors (Lipinski definition) is 1. The Labute approximate surface area is 96.6 Å². The highest BCUT2D eigenvalue weighted by Crippen LogP contribution is 2.32. The van der Waals surface area contributed by atoms with Crippen LogP contribution in [0.25, 0.3) is 4.91 Å². The van der Waals surface area contributed by atoms with Crippen molar-refractivity contribution in [2.45, 2.75) is 0 Å².